The molecule has 0 spiro atoms. The van der Waals surface area contributed by atoms with Crippen molar-refractivity contribution in [3.8, 4) is 11.3 Å². The van der Waals surface area contributed by atoms with E-state index in [1.165, 1.54) is 30.4 Å². The highest BCUT2D eigenvalue weighted by Gasteiger charge is 2.11. The number of nitrogens with one attached hydrogen (secondary N) is 1. The van der Waals surface area contributed by atoms with E-state index in [-0.39, 0.29) is 0 Å². The Balaban J connectivity index is 1.59. The second-order valence-electron chi connectivity index (χ2n) is 7.44. The number of hydrogen-bond acceptors (Lipinski definition) is 3. The zero-order valence-corrected chi connectivity index (χ0v) is 16.9. The smallest absolute Gasteiger partial charge is 0.156 e. The van der Waals surface area contributed by atoms with Gasteiger partial charge in [-0.3, -0.25) is 0 Å². The Morgan fingerprint density at radius 1 is 0.690 bits per heavy atom. The summed E-state index contributed by atoms with van der Waals surface area (Å²) in [6.45, 7) is 2.97. The highest BCUT2D eigenvalue weighted by atomic mass is 15.2. The first-order chi connectivity index (χ1) is 14.3. The summed E-state index contributed by atoms with van der Waals surface area (Å²) < 4.78 is 0. The zero-order valence-electron chi connectivity index (χ0n) is 16.9. The molecule has 29 heavy (non-hydrogen) atoms. The van der Waals surface area contributed by atoms with E-state index in [0.29, 0.717) is 0 Å². The van der Waals surface area contributed by atoms with Crippen LogP contribution in [-0.2, 0) is 13.0 Å². The van der Waals surface area contributed by atoms with E-state index in [4.69, 9.17) is 0 Å². The molecule has 0 aliphatic carbocycles. The maximum absolute atomic E-state index is 4.58. The minimum Gasteiger partial charge on any atom is -0.364 e. The summed E-state index contributed by atoms with van der Waals surface area (Å²) >= 11 is 0. The van der Waals surface area contributed by atoms with Crippen molar-refractivity contribution < 1.29 is 0 Å². The summed E-state index contributed by atoms with van der Waals surface area (Å²) in [5, 5.41) is 14.8. The Kier molecular flexibility index (Phi) is 6.16. The minimum atomic E-state index is 0.727. The standard InChI is InChI=1S/C26H27N3/c1-2-3-5-10-20-15-17-22(18-16-20)25-23-13-8-9-14-24(23)26(29-28-25)27-19-21-11-6-4-7-12-21/h4,6-9,11-18H,2-3,5,10,19H2,1H3,(H,27,29). The third-order valence-corrected chi connectivity index (χ3v) is 5.29. The Labute approximate surface area is 172 Å². The molecule has 1 heterocycles. The van der Waals surface area contributed by atoms with Crippen LogP contribution in [0.15, 0.2) is 78.9 Å². The summed E-state index contributed by atoms with van der Waals surface area (Å²) in [5.41, 5.74) is 4.66. The van der Waals surface area contributed by atoms with Crippen molar-refractivity contribution in [2.24, 2.45) is 0 Å². The summed E-state index contributed by atoms with van der Waals surface area (Å²) in [4.78, 5) is 0. The average molecular weight is 382 g/mol. The number of aromatic nitrogens is 2. The predicted octanol–water partition coefficient (Wildman–Crippen LogP) is 6.64. The molecule has 3 nitrogen and oxygen atoms in total. The van der Waals surface area contributed by atoms with Gasteiger partial charge in [0.1, 0.15) is 5.69 Å². The van der Waals surface area contributed by atoms with Gasteiger partial charge in [0.05, 0.1) is 0 Å². The summed E-state index contributed by atoms with van der Waals surface area (Å²) in [5.74, 6) is 0.824. The van der Waals surface area contributed by atoms with Gasteiger partial charge in [0, 0.05) is 22.9 Å². The maximum Gasteiger partial charge on any atom is 0.156 e. The number of rotatable bonds is 8. The number of aryl methyl sites for hydroxylation is 1. The number of hydrogen-bond donors (Lipinski definition) is 1. The van der Waals surface area contributed by atoms with Gasteiger partial charge in [-0.05, 0) is 24.0 Å². The Morgan fingerprint density at radius 3 is 2.17 bits per heavy atom. The van der Waals surface area contributed by atoms with Crippen LogP contribution >= 0.6 is 0 Å². The molecule has 0 atom stereocenters. The second kappa shape index (κ2) is 9.33. The molecule has 0 aliphatic rings. The van der Waals surface area contributed by atoms with E-state index in [0.717, 1.165) is 40.8 Å². The van der Waals surface area contributed by atoms with Gasteiger partial charge in [-0.1, -0.05) is 98.6 Å². The van der Waals surface area contributed by atoms with Crippen molar-refractivity contribution in [3.63, 3.8) is 0 Å². The summed E-state index contributed by atoms with van der Waals surface area (Å²) in [7, 11) is 0. The van der Waals surface area contributed by atoms with Crippen molar-refractivity contribution in [2.75, 3.05) is 5.32 Å². The number of unbranched alkanes of at least 4 members (excludes halogenated alkanes) is 2. The molecule has 0 aliphatic heterocycles. The lowest BCUT2D eigenvalue weighted by atomic mass is 10.0. The van der Waals surface area contributed by atoms with Crippen LogP contribution < -0.4 is 5.32 Å². The van der Waals surface area contributed by atoms with E-state index in [1.54, 1.807) is 0 Å². The van der Waals surface area contributed by atoms with Crippen LogP contribution in [-0.4, -0.2) is 10.2 Å². The minimum absolute atomic E-state index is 0.727. The normalized spacial score (nSPS) is 10.9. The van der Waals surface area contributed by atoms with Crippen molar-refractivity contribution in [1.29, 1.82) is 0 Å². The third kappa shape index (κ3) is 4.62. The van der Waals surface area contributed by atoms with Crippen LogP contribution in [0.3, 0.4) is 0 Å². The quantitative estimate of drug-likeness (QED) is 0.348. The number of anilines is 1. The number of benzene rings is 3. The van der Waals surface area contributed by atoms with Gasteiger partial charge >= 0.3 is 0 Å². The second-order valence-corrected chi connectivity index (χ2v) is 7.44. The lowest BCUT2D eigenvalue weighted by Crippen LogP contribution is -2.04. The summed E-state index contributed by atoms with van der Waals surface area (Å²) in [6.07, 6.45) is 4.93. The third-order valence-electron chi connectivity index (χ3n) is 5.29. The molecule has 4 aromatic rings. The molecule has 3 aromatic carbocycles. The largest absolute Gasteiger partial charge is 0.364 e. The first kappa shape index (κ1) is 19.1. The van der Waals surface area contributed by atoms with Gasteiger partial charge in [-0.25, -0.2) is 0 Å². The number of nitrogens with zero attached hydrogens (tertiary/aromatic N) is 2. The molecule has 0 saturated heterocycles. The number of fused-ring (bicyclic) bond motifs is 1. The lowest BCUT2D eigenvalue weighted by Gasteiger charge is -2.11. The molecule has 0 saturated carbocycles. The topological polar surface area (TPSA) is 37.8 Å². The molecule has 1 aromatic heterocycles. The molecule has 146 valence electrons. The molecule has 0 bridgehead atoms. The maximum atomic E-state index is 4.58. The highest BCUT2D eigenvalue weighted by Crippen LogP contribution is 2.30. The monoisotopic (exact) mass is 381 g/mol. The molecule has 0 fully saturated rings. The lowest BCUT2D eigenvalue weighted by molar-refractivity contribution is 0.717. The SMILES string of the molecule is CCCCCc1ccc(-c2nnc(NCc3ccccc3)c3ccccc23)cc1. The molecule has 0 unspecified atom stereocenters. The van der Waals surface area contributed by atoms with Gasteiger partial charge in [-0.2, -0.15) is 0 Å². The Bertz CT molecular complexity index is 1060. The van der Waals surface area contributed by atoms with Gasteiger partial charge < -0.3 is 5.32 Å². The van der Waals surface area contributed by atoms with Crippen LogP contribution in [0.1, 0.15) is 37.3 Å². The first-order valence-corrected chi connectivity index (χ1v) is 10.5. The van der Waals surface area contributed by atoms with E-state index < -0.39 is 0 Å². The molecule has 0 amide bonds. The van der Waals surface area contributed by atoms with Gasteiger partial charge in [0.25, 0.3) is 0 Å². The van der Waals surface area contributed by atoms with Gasteiger partial charge in [-0.15, -0.1) is 10.2 Å². The molecular formula is C26H27N3. The first-order valence-electron chi connectivity index (χ1n) is 10.5. The predicted molar refractivity (Wildman–Crippen MR) is 122 cm³/mol. The Morgan fingerprint density at radius 2 is 1.41 bits per heavy atom. The fourth-order valence-electron chi connectivity index (χ4n) is 3.64. The summed E-state index contributed by atoms with van der Waals surface area (Å²) in [6, 6.07) is 27.5. The van der Waals surface area contributed by atoms with Crippen molar-refractivity contribution >= 4 is 16.6 Å². The Hall–Kier alpha value is -3.20. The molecule has 4 rings (SSSR count). The molecular weight excluding hydrogens is 354 g/mol. The van der Waals surface area contributed by atoms with Crippen molar-refractivity contribution in [1.82, 2.24) is 10.2 Å². The van der Waals surface area contributed by atoms with Crippen LogP contribution in [0.25, 0.3) is 22.0 Å². The average Bonchev–Trinajstić information content (AvgIpc) is 2.79. The van der Waals surface area contributed by atoms with Crippen LogP contribution in [0.5, 0.6) is 0 Å². The van der Waals surface area contributed by atoms with E-state index in [2.05, 4.69) is 95.2 Å². The highest BCUT2D eigenvalue weighted by molar-refractivity contribution is 6.00. The fraction of sp³-hybridized carbons (Fsp3) is 0.231. The van der Waals surface area contributed by atoms with Gasteiger partial charge in [0.2, 0.25) is 0 Å². The van der Waals surface area contributed by atoms with Gasteiger partial charge in [0.15, 0.2) is 5.82 Å². The van der Waals surface area contributed by atoms with Crippen molar-refractivity contribution in [2.45, 2.75) is 39.2 Å². The fourth-order valence-corrected chi connectivity index (χ4v) is 3.64. The van der Waals surface area contributed by atoms with E-state index in [1.807, 2.05) is 6.07 Å². The van der Waals surface area contributed by atoms with Crippen LogP contribution in [0, 0.1) is 0 Å². The van der Waals surface area contributed by atoms with E-state index in [9.17, 15) is 0 Å². The zero-order chi connectivity index (χ0) is 19.9. The van der Waals surface area contributed by atoms with Crippen molar-refractivity contribution in [3.05, 3.63) is 90.0 Å². The van der Waals surface area contributed by atoms with Crippen LogP contribution in [0.4, 0.5) is 5.82 Å². The molecule has 3 heteroatoms. The molecule has 0 radical (unpaired) electrons. The van der Waals surface area contributed by atoms with E-state index >= 15 is 0 Å². The molecule has 1 N–H and O–H groups in total. The van der Waals surface area contributed by atoms with Crippen LogP contribution in [0.2, 0.25) is 0 Å².